The summed E-state index contributed by atoms with van der Waals surface area (Å²) in [6.07, 6.45) is -0.0494. The maximum atomic E-state index is 13.9. The fourth-order valence-corrected chi connectivity index (χ4v) is 5.40. The smallest absolute Gasteiger partial charge is 0.337 e. The summed E-state index contributed by atoms with van der Waals surface area (Å²) in [4.78, 5) is 52.6. The minimum atomic E-state index is -1.11. The lowest BCUT2D eigenvalue weighted by molar-refractivity contribution is -0.138. The molecular formula is C31H27FN2O6. The quantitative estimate of drug-likeness (QED) is 0.402. The van der Waals surface area contributed by atoms with Crippen LogP contribution in [0.5, 0.6) is 0 Å². The Labute approximate surface area is 230 Å². The van der Waals surface area contributed by atoms with Crippen LogP contribution < -0.4 is 10.2 Å². The zero-order chi connectivity index (χ0) is 28.4. The van der Waals surface area contributed by atoms with E-state index in [1.54, 1.807) is 60.7 Å². The Morgan fingerprint density at radius 3 is 2.30 bits per heavy atom. The first-order valence-corrected chi connectivity index (χ1v) is 12.9. The van der Waals surface area contributed by atoms with E-state index in [1.165, 1.54) is 24.1 Å². The van der Waals surface area contributed by atoms with Gasteiger partial charge in [-0.15, -0.1) is 0 Å². The number of nitrogens with zero attached hydrogens (tertiary/aromatic N) is 1. The van der Waals surface area contributed by atoms with Crippen LogP contribution in [0.25, 0.3) is 0 Å². The highest BCUT2D eigenvalue weighted by molar-refractivity contribution is 6.06. The van der Waals surface area contributed by atoms with Gasteiger partial charge in [0.15, 0.2) is 5.78 Å². The molecule has 5 rings (SSSR count). The second-order valence-electron chi connectivity index (χ2n) is 9.79. The average molecular weight is 543 g/mol. The minimum absolute atomic E-state index is 0.149. The molecule has 2 N–H and O–H groups in total. The number of hydrogen-bond donors (Lipinski definition) is 2. The van der Waals surface area contributed by atoms with E-state index in [-0.39, 0.29) is 36.8 Å². The summed E-state index contributed by atoms with van der Waals surface area (Å²) in [6.45, 7) is 0. The second-order valence-corrected chi connectivity index (χ2v) is 9.79. The van der Waals surface area contributed by atoms with Crippen LogP contribution in [0.15, 0.2) is 84.1 Å². The number of methoxy groups -OCH3 is 1. The Morgan fingerprint density at radius 1 is 0.950 bits per heavy atom. The fourth-order valence-electron chi connectivity index (χ4n) is 5.40. The van der Waals surface area contributed by atoms with E-state index in [9.17, 15) is 28.7 Å². The molecule has 0 aromatic heterocycles. The first-order valence-electron chi connectivity index (χ1n) is 12.9. The summed E-state index contributed by atoms with van der Waals surface area (Å²) in [7, 11) is 1.28. The first-order chi connectivity index (χ1) is 19.3. The third-order valence-corrected chi connectivity index (χ3v) is 7.30. The molecule has 8 nitrogen and oxygen atoms in total. The van der Waals surface area contributed by atoms with E-state index in [0.29, 0.717) is 40.2 Å². The maximum Gasteiger partial charge on any atom is 0.337 e. The van der Waals surface area contributed by atoms with Crippen molar-refractivity contribution in [3.8, 4) is 0 Å². The third kappa shape index (κ3) is 5.22. The molecule has 0 saturated carbocycles. The lowest BCUT2D eigenvalue weighted by Crippen LogP contribution is -2.38. The molecule has 0 spiro atoms. The summed E-state index contributed by atoms with van der Waals surface area (Å²) >= 11 is 0. The molecule has 3 aromatic rings. The Morgan fingerprint density at radius 2 is 1.62 bits per heavy atom. The van der Waals surface area contributed by atoms with Crippen molar-refractivity contribution >= 4 is 35.0 Å². The summed E-state index contributed by atoms with van der Waals surface area (Å²) in [5, 5.41) is 12.7. The van der Waals surface area contributed by atoms with Crippen molar-refractivity contribution < 1.29 is 33.4 Å². The van der Waals surface area contributed by atoms with E-state index in [1.807, 2.05) is 0 Å². The number of carbonyl (C=O) groups is 4. The molecule has 0 fully saturated rings. The van der Waals surface area contributed by atoms with Gasteiger partial charge in [0, 0.05) is 24.1 Å². The zero-order valence-corrected chi connectivity index (χ0v) is 21.7. The zero-order valence-electron chi connectivity index (χ0n) is 21.7. The topological polar surface area (TPSA) is 113 Å². The van der Waals surface area contributed by atoms with Crippen LogP contribution in [0.3, 0.4) is 0 Å². The van der Waals surface area contributed by atoms with Crippen molar-refractivity contribution in [1.29, 1.82) is 0 Å². The van der Waals surface area contributed by atoms with Crippen molar-refractivity contribution in [2.75, 3.05) is 17.3 Å². The van der Waals surface area contributed by atoms with Gasteiger partial charge in [-0.05, 0) is 59.9 Å². The predicted octanol–water partition coefficient (Wildman–Crippen LogP) is 5.38. The van der Waals surface area contributed by atoms with Gasteiger partial charge in [0.25, 0.3) is 0 Å². The number of carboxylic acids is 1. The van der Waals surface area contributed by atoms with Crippen LogP contribution in [0.1, 0.15) is 59.1 Å². The molecule has 1 aliphatic carbocycles. The number of ketones is 1. The number of esters is 1. The van der Waals surface area contributed by atoms with Gasteiger partial charge < -0.3 is 15.2 Å². The number of halogens is 1. The van der Waals surface area contributed by atoms with Gasteiger partial charge in [-0.1, -0.05) is 36.4 Å². The minimum Gasteiger partial charge on any atom is -0.481 e. The number of allylic oxidation sites excluding steroid dienone is 1. The van der Waals surface area contributed by atoms with E-state index in [4.69, 9.17) is 4.74 Å². The Balaban J connectivity index is 1.67. The molecule has 204 valence electrons. The highest BCUT2D eigenvalue weighted by atomic mass is 19.1. The number of rotatable bonds is 6. The predicted molar refractivity (Wildman–Crippen MR) is 145 cm³/mol. The van der Waals surface area contributed by atoms with E-state index >= 15 is 0 Å². The molecule has 3 aromatic carbocycles. The molecule has 0 unspecified atom stereocenters. The number of anilines is 2. The largest absolute Gasteiger partial charge is 0.481 e. The van der Waals surface area contributed by atoms with Gasteiger partial charge in [0.2, 0.25) is 5.91 Å². The van der Waals surface area contributed by atoms with Crippen molar-refractivity contribution in [3.05, 3.63) is 107 Å². The maximum absolute atomic E-state index is 13.9. The number of para-hydroxylation sites is 2. The molecule has 40 heavy (non-hydrogen) atoms. The summed E-state index contributed by atoms with van der Waals surface area (Å²) < 4.78 is 18.4. The standard InChI is InChI=1S/C31H27FN2O6/c1-40-31(39)20-8-6-19(7-9-20)30-29-24(16-21(17-26(29)35)18-10-12-22(32)13-11-18)33-23-4-2-3-5-25(23)34(30)27(36)14-15-28(37)38/h2-13,21,30,33H,14-17H2,1H3,(H,37,38)/t21-,30-/m1/s1. The summed E-state index contributed by atoms with van der Waals surface area (Å²) in [5.41, 5.74) is 3.84. The van der Waals surface area contributed by atoms with Crippen LogP contribution in [0, 0.1) is 5.82 Å². The SMILES string of the molecule is COC(=O)c1ccc([C@@H]2C3=C(C[C@@H](c4ccc(F)cc4)CC3=O)Nc3ccccc3N2C(=O)CCC(=O)O)cc1. The Bertz CT molecular complexity index is 1510. The third-order valence-electron chi connectivity index (χ3n) is 7.30. The van der Waals surface area contributed by atoms with Crippen LogP contribution in [0.4, 0.5) is 15.8 Å². The number of benzene rings is 3. The lowest BCUT2D eigenvalue weighted by Gasteiger charge is -2.35. The molecule has 2 atom stereocenters. The number of aliphatic carboxylic acids is 1. The monoisotopic (exact) mass is 542 g/mol. The van der Waals surface area contributed by atoms with Crippen LogP contribution in [-0.4, -0.2) is 35.8 Å². The van der Waals surface area contributed by atoms with Gasteiger partial charge in [-0.2, -0.15) is 0 Å². The molecule has 1 aliphatic heterocycles. The van der Waals surface area contributed by atoms with Crippen molar-refractivity contribution in [2.24, 2.45) is 0 Å². The number of hydrogen-bond acceptors (Lipinski definition) is 6. The molecule has 1 heterocycles. The number of carboxylic acid groups (broad SMARTS) is 1. The first kappa shape index (κ1) is 26.8. The molecule has 2 aliphatic rings. The second kappa shape index (κ2) is 11.1. The van der Waals surface area contributed by atoms with Gasteiger partial charge in [-0.25, -0.2) is 9.18 Å². The average Bonchev–Trinajstić information content (AvgIpc) is 3.10. The molecule has 0 saturated heterocycles. The van der Waals surface area contributed by atoms with Crippen LogP contribution in [-0.2, 0) is 19.1 Å². The summed E-state index contributed by atoms with van der Waals surface area (Å²) in [5.74, 6) is -2.84. The van der Waals surface area contributed by atoms with E-state index < -0.39 is 23.9 Å². The molecule has 0 radical (unpaired) electrons. The summed E-state index contributed by atoms with van der Waals surface area (Å²) in [6, 6.07) is 18.8. The number of ether oxygens (including phenoxy) is 1. The van der Waals surface area contributed by atoms with Gasteiger partial charge in [0.1, 0.15) is 5.82 Å². The lowest BCUT2D eigenvalue weighted by atomic mass is 9.78. The normalized spacial score (nSPS) is 18.2. The van der Waals surface area contributed by atoms with Crippen LogP contribution in [0.2, 0.25) is 0 Å². The fraction of sp³-hybridized carbons (Fsp3) is 0.226. The Kier molecular flexibility index (Phi) is 7.46. The number of nitrogens with one attached hydrogen (secondary N) is 1. The van der Waals surface area contributed by atoms with Crippen molar-refractivity contribution in [3.63, 3.8) is 0 Å². The molecule has 0 bridgehead atoms. The number of fused-ring (bicyclic) bond motifs is 1. The molecule has 9 heteroatoms. The highest BCUT2D eigenvalue weighted by Gasteiger charge is 2.41. The Hall–Kier alpha value is -4.79. The van der Waals surface area contributed by atoms with Gasteiger partial charge in [-0.3, -0.25) is 19.3 Å². The van der Waals surface area contributed by atoms with E-state index in [2.05, 4.69) is 5.32 Å². The van der Waals surface area contributed by atoms with Crippen molar-refractivity contribution in [1.82, 2.24) is 0 Å². The van der Waals surface area contributed by atoms with E-state index in [0.717, 1.165) is 5.56 Å². The number of carbonyl (C=O) groups excluding carboxylic acids is 3. The highest BCUT2D eigenvalue weighted by Crippen LogP contribution is 2.47. The van der Waals surface area contributed by atoms with Gasteiger partial charge in [0.05, 0.1) is 36.5 Å². The molecule has 1 amide bonds. The number of amides is 1. The molecular weight excluding hydrogens is 515 g/mol. The van der Waals surface area contributed by atoms with Crippen molar-refractivity contribution in [2.45, 2.75) is 37.6 Å². The number of Topliss-reactive ketones (excluding diaryl/α,β-unsaturated/α-hetero) is 1. The van der Waals surface area contributed by atoms with Gasteiger partial charge >= 0.3 is 11.9 Å². The van der Waals surface area contributed by atoms with Crippen LogP contribution >= 0.6 is 0 Å².